The van der Waals surface area contributed by atoms with Gasteiger partial charge >= 0.3 is 5.97 Å². The third kappa shape index (κ3) is 8.75. The normalized spacial score (nSPS) is 10.9. The predicted octanol–water partition coefficient (Wildman–Crippen LogP) is 8.19. The lowest BCUT2D eigenvalue weighted by Gasteiger charge is -2.11. The first-order valence-corrected chi connectivity index (χ1v) is 12.1. The molecule has 0 N–H and O–H groups in total. The monoisotopic (exact) mass is 464 g/mol. The van der Waals surface area contributed by atoms with E-state index >= 15 is 0 Å². The largest absolute Gasteiger partial charge is 0.493 e. The summed E-state index contributed by atoms with van der Waals surface area (Å²) in [5.41, 5.74) is -0.128. The molecule has 0 fully saturated rings. The molecule has 0 atom stereocenters. The van der Waals surface area contributed by atoms with E-state index in [0.29, 0.717) is 18.8 Å². The van der Waals surface area contributed by atoms with Crippen molar-refractivity contribution in [3.05, 3.63) is 58.9 Å². The number of hydrogen-bond donors (Lipinski definition) is 0. The molecule has 0 bridgehead atoms. The standard InChI is InChI=1S/C27H35F3O3/c1-3-5-7-9-11-13-20-14-17-24(26(30)25(20)29)33-27(31)22-16-15-21(19-23(22)28)32-18-12-10-8-6-4-2/h14-17,19H,3-13,18H2,1-2H3. The molecule has 0 radical (unpaired) electrons. The zero-order chi connectivity index (χ0) is 24.1. The highest BCUT2D eigenvalue weighted by atomic mass is 19.2. The van der Waals surface area contributed by atoms with Crippen LogP contribution in [0.4, 0.5) is 13.2 Å². The van der Waals surface area contributed by atoms with Crippen LogP contribution in [0.15, 0.2) is 30.3 Å². The Balaban J connectivity index is 1.92. The molecule has 2 rings (SSSR count). The number of carbonyl (C=O) groups is 1. The summed E-state index contributed by atoms with van der Waals surface area (Å²) < 4.78 is 53.7. The smallest absolute Gasteiger partial charge is 0.346 e. The van der Waals surface area contributed by atoms with E-state index in [1.54, 1.807) is 0 Å². The van der Waals surface area contributed by atoms with Gasteiger partial charge in [-0.25, -0.2) is 13.6 Å². The maximum atomic E-state index is 14.4. The van der Waals surface area contributed by atoms with Crippen LogP contribution in [0.1, 0.15) is 94.0 Å². The van der Waals surface area contributed by atoms with Gasteiger partial charge in [0, 0.05) is 6.07 Å². The second-order valence-electron chi connectivity index (χ2n) is 8.31. The fourth-order valence-electron chi connectivity index (χ4n) is 3.56. The van der Waals surface area contributed by atoms with E-state index in [2.05, 4.69) is 13.8 Å². The Bertz CT molecular complexity index is 883. The summed E-state index contributed by atoms with van der Waals surface area (Å²) in [5, 5.41) is 0. The fourth-order valence-corrected chi connectivity index (χ4v) is 3.56. The summed E-state index contributed by atoms with van der Waals surface area (Å²) in [5.74, 6) is -4.45. The Labute approximate surface area is 195 Å². The van der Waals surface area contributed by atoms with Crippen LogP contribution in [0.5, 0.6) is 11.5 Å². The minimum Gasteiger partial charge on any atom is -0.493 e. The van der Waals surface area contributed by atoms with Crippen molar-refractivity contribution in [1.29, 1.82) is 0 Å². The van der Waals surface area contributed by atoms with E-state index < -0.39 is 29.2 Å². The first kappa shape index (κ1) is 26.7. The Morgan fingerprint density at radius 3 is 2.12 bits per heavy atom. The quantitative estimate of drug-likeness (QED) is 0.151. The molecule has 2 aromatic rings. The van der Waals surface area contributed by atoms with Gasteiger partial charge in [-0.2, -0.15) is 4.39 Å². The summed E-state index contributed by atoms with van der Waals surface area (Å²) in [7, 11) is 0. The molecule has 0 unspecified atom stereocenters. The number of esters is 1. The number of rotatable bonds is 15. The van der Waals surface area contributed by atoms with Crippen LogP contribution in [0, 0.1) is 17.5 Å². The SMILES string of the molecule is CCCCCCCOc1ccc(C(=O)Oc2ccc(CCCCCCC)c(F)c2F)c(F)c1. The van der Waals surface area contributed by atoms with Crippen molar-refractivity contribution in [3.63, 3.8) is 0 Å². The van der Waals surface area contributed by atoms with E-state index in [1.165, 1.54) is 30.7 Å². The van der Waals surface area contributed by atoms with Gasteiger partial charge in [-0.1, -0.05) is 71.3 Å². The number of halogens is 3. The Morgan fingerprint density at radius 2 is 1.45 bits per heavy atom. The summed E-state index contributed by atoms with van der Waals surface area (Å²) in [6.45, 7) is 4.71. The molecule has 0 aliphatic rings. The van der Waals surface area contributed by atoms with Crippen molar-refractivity contribution in [2.45, 2.75) is 84.5 Å². The fraction of sp³-hybridized carbons (Fsp3) is 0.519. The molecule has 0 aromatic heterocycles. The van der Waals surface area contributed by atoms with Crippen molar-refractivity contribution < 1.29 is 27.4 Å². The van der Waals surface area contributed by atoms with E-state index in [1.807, 2.05) is 0 Å². The van der Waals surface area contributed by atoms with Gasteiger partial charge < -0.3 is 9.47 Å². The number of aryl methyl sites for hydroxylation is 1. The maximum Gasteiger partial charge on any atom is 0.346 e. The highest BCUT2D eigenvalue weighted by molar-refractivity contribution is 5.91. The van der Waals surface area contributed by atoms with Crippen molar-refractivity contribution in [1.82, 2.24) is 0 Å². The minimum atomic E-state index is -1.24. The van der Waals surface area contributed by atoms with Crippen LogP contribution < -0.4 is 9.47 Å². The number of unbranched alkanes of at least 4 members (excludes halogenated alkanes) is 8. The molecule has 0 saturated carbocycles. The molecule has 182 valence electrons. The van der Waals surface area contributed by atoms with Gasteiger partial charge in [0.1, 0.15) is 11.6 Å². The Hall–Kier alpha value is -2.50. The predicted molar refractivity (Wildman–Crippen MR) is 124 cm³/mol. The molecule has 0 heterocycles. The second kappa shape index (κ2) is 14.6. The zero-order valence-corrected chi connectivity index (χ0v) is 19.7. The highest BCUT2D eigenvalue weighted by Gasteiger charge is 2.20. The van der Waals surface area contributed by atoms with Crippen LogP contribution in [0.25, 0.3) is 0 Å². The van der Waals surface area contributed by atoms with E-state index in [9.17, 15) is 18.0 Å². The van der Waals surface area contributed by atoms with Crippen LogP contribution in [0.2, 0.25) is 0 Å². The van der Waals surface area contributed by atoms with Gasteiger partial charge in [-0.15, -0.1) is 0 Å². The molecule has 3 nitrogen and oxygen atoms in total. The van der Waals surface area contributed by atoms with Crippen LogP contribution in [-0.4, -0.2) is 12.6 Å². The molecule has 0 saturated heterocycles. The number of hydrogen-bond acceptors (Lipinski definition) is 3. The lowest BCUT2D eigenvalue weighted by Crippen LogP contribution is -2.13. The van der Waals surface area contributed by atoms with Gasteiger partial charge in [0.25, 0.3) is 0 Å². The molecule has 0 aliphatic heterocycles. The highest BCUT2D eigenvalue weighted by Crippen LogP contribution is 2.26. The van der Waals surface area contributed by atoms with Crippen LogP contribution in [-0.2, 0) is 6.42 Å². The number of carbonyl (C=O) groups excluding carboxylic acids is 1. The molecule has 33 heavy (non-hydrogen) atoms. The van der Waals surface area contributed by atoms with Crippen molar-refractivity contribution in [2.75, 3.05) is 6.61 Å². The Morgan fingerprint density at radius 1 is 0.788 bits per heavy atom. The summed E-state index contributed by atoms with van der Waals surface area (Å²) in [4.78, 5) is 12.3. The van der Waals surface area contributed by atoms with Gasteiger partial charge in [0.05, 0.1) is 12.2 Å². The average Bonchev–Trinajstić information content (AvgIpc) is 2.80. The van der Waals surface area contributed by atoms with E-state index in [-0.39, 0.29) is 11.1 Å². The summed E-state index contributed by atoms with van der Waals surface area (Å²) in [6.07, 6.45) is 10.8. The lowest BCUT2D eigenvalue weighted by atomic mass is 10.0. The van der Waals surface area contributed by atoms with Crippen LogP contribution >= 0.6 is 0 Å². The van der Waals surface area contributed by atoms with Crippen molar-refractivity contribution in [2.24, 2.45) is 0 Å². The summed E-state index contributed by atoms with van der Waals surface area (Å²) >= 11 is 0. The molecule has 6 heteroatoms. The summed E-state index contributed by atoms with van der Waals surface area (Å²) in [6, 6.07) is 6.41. The number of ether oxygens (including phenoxy) is 2. The molecule has 0 amide bonds. The first-order valence-electron chi connectivity index (χ1n) is 12.1. The van der Waals surface area contributed by atoms with Crippen molar-refractivity contribution >= 4 is 5.97 Å². The van der Waals surface area contributed by atoms with Gasteiger partial charge in [-0.05, 0) is 43.0 Å². The zero-order valence-electron chi connectivity index (χ0n) is 19.7. The lowest BCUT2D eigenvalue weighted by molar-refractivity contribution is 0.0721. The maximum absolute atomic E-state index is 14.4. The third-order valence-electron chi connectivity index (χ3n) is 5.56. The average molecular weight is 465 g/mol. The van der Waals surface area contributed by atoms with E-state index in [4.69, 9.17) is 9.47 Å². The first-order chi connectivity index (χ1) is 16.0. The van der Waals surface area contributed by atoms with Gasteiger partial charge in [0.2, 0.25) is 5.82 Å². The van der Waals surface area contributed by atoms with Gasteiger partial charge in [0.15, 0.2) is 11.6 Å². The minimum absolute atomic E-state index is 0.242. The van der Waals surface area contributed by atoms with Gasteiger partial charge in [-0.3, -0.25) is 0 Å². The third-order valence-corrected chi connectivity index (χ3v) is 5.56. The molecular formula is C27H35F3O3. The second-order valence-corrected chi connectivity index (χ2v) is 8.31. The molecule has 0 aliphatic carbocycles. The Kier molecular flexibility index (Phi) is 11.8. The van der Waals surface area contributed by atoms with E-state index in [0.717, 1.165) is 63.9 Å². The molecule has 0 spiro atoms. The topological polar surface area (TPSA) is 35.5 Å². The molecular weight excluding hydrogens is 429 g/mol. The number of benzene rings is 2. The van der Waals surface area contributed by atoms with Crippen LogP contribution in [0.3, 0.4) is 0 Å². The molecule has 2 aromatic carbocycles. The van der Waals surface area contributed by atoms with Crippen molar-refractivity contribution in [3.8, 4) is 11.5 Å².